The molecule has 2 fully saturated rings. The fourth-order valence-corrected chi connectivity index (χ4v) is 4.28. The van der Waals surface area contributed by atoms with Crippen LogP contribution in [0.5, 0.6) is 5.88 Å². The number of fused-ring (bicyclic) bond motifs is 1. The molecule has 0 bridgehead atoms. The van der Waals surface area contributed by atoms with Gasteiger partial charge in [-0.2, -0.15) is 0 Å². The van der Waals surface area contributed by atoms with Gasteiger partial charge >= 0.3 is 0 Å². The van der Waals surface area contributed by atoms with Crippen molar-refractivity contribution >= 4 is 5.91 Å². The minimum absolute atomic E-state index is 0.00544. The molecular weight excluding hydrogens is 334 g/mol. The summed E-state index contributed by atoms with van der Waals surface area (Å²) in [6.45, 7) is 3.94. The number of aliphatic hydroxyl groups is 1. The average molecular weight is 361 g/mol. The van der Waals surface area contributed by atoms with Gasteiger partial charge in [0.2, 0.25) is 5.88 Å². The van der Waals surface area contributed by atoms with Crippen molar-refractivity contribution in [3.63, 3.8) is 0 Å². The van der Waals surface area contributed by atoms with Gasteiger partial charge in [-0.3, -0.25) is 9.69 Å². The van der Waals surface area contributed by atoms with Gasteiger partial charge in [-0.25, -0.2) is 4.98 Å². The zero-order valence-corrected chi connectivity index (χ0v) is 15.3. The topological polar surface area (TPSA) is 75.1 Å². The highest BCUT2D eigenvalue weighted by Crippen LogP contribution is 2.28. The quantitative estimate of drug-likeness (QED) is 0.844. The monoisotopic (exact) mass is 361 g/mol. The summed E-state index contributed by atoms with van der Waals surface area (Å²) in [7, 11) is 1.58. The molecule has 0 saturated carbocycles. The fourth-order valence-electron chi connectivity index (χ4n) is 4.28. The fraction of sp³-hybridized carbons (Fsp3) is 0.684. The summed E-state index contributed by atoms with van der Waals surface area (Å²) in [5, 5.41) is 10.1. The van der Waals surface area contributed by atoms with Crippen LogP contribution in [-0.4, -0.2) is 84.4 Å². The van der Waals surface area contributed by atoms with Crippen molar-refractivity contribution in [1.82, 2.24) is 14.8 Å². The number of aliphatic hydroxyl groups excluding tert-OH is 1. The number of pyridine rings is 1. The van der Waals surface area contributed by atoms with Crippen molar-refractivity contribution < 1.29 is 19.4 Å². The second-order valence-corrected chi connectivity index (χ2v) is 7.36. The third-order valence-electron chi connectivity index (χ3n) is 5.75. The molecule has 2 saturated heterocycles. The molecule has 2 aliphatic heterocycles. The van der Waals surface area contributed by atoms with Gasteiger partial charge in [0.15, 0.2) is 0 Å². The first-order valence-electron chi connectivity index (χ1n) is 9.53. The lowest BCUT2D eigenvalue weighted by Crippen LogP contribution is -2.45. The van der Waals surface area contributed by atoms with Crippen molar-refractivity contribution in [2.45, 2.75) is 37.8 Å². The summed E-state index contributed by atoms with van der Waals surface area (Å²) in [5.41, 5.74) is 2.82. The molecule has 7 nitrogen and oxygen atoms in total. The molecule has 0 aromatic carbocycles. The lowest BCUT2D eigenvalue weighted by atomic mass is 10.1. The summed E-state index contributed by atoms with van der Waals surface area (Å²) in [6, 6.07) is 2.02. The van der Waals surface area contributed by atoms with Gasteiger partial charge in [-0.1, -0.05) is 0 Å². The molecule has 1 amide bonds. The summed E-state index contributed by atoms with van der Waals surface area (Å²) in [5.74, 6) is 0.436. The highest BCUT2D eigenvalue weighted by molar-refractivity contribution is 5.96. The first-order chi connectivity index (χ1) is 12.7. The normalized spacial score (nSPS) is 26.6. The molecule has 0 unspecified atom stereocenters. The number of carbonyl (C=O) groups excluding carboxylic acids is 1. The van der Waals surface area contributed by atoms with Crippen molar-refractivity contribution in [3.05, 3.63) is 22.9 Å². The molecule has 3 aliphatic rings. The predicted octanol–water partition coefficient (Wildman–Crippen LogP) is 0.487. The van der Waals surface area contributed by atoms with Gasteiger partial charge in [0.05, 0.1) is 32.5 Å². The lowest BCUT2D eigenvalue weighted by Gasteiger charge is -2.28. The summed E-state index contributed by atoms with van der Waals surface area (Å²) in [4.78, 5) is 21.9. The van der Waals surface area contributed by atoms with E-state index in [0.717, 1.165) is 44.5 Å². The van der Waals surface area contributed by atoms with E-state index in [0.29, 0.717) is 37.7 Å². The summed E-state index contributed by atoms with van der Waals surface area (Å²) < 4.78 is 10.8. The number of carbonyl (C=O) groups is 1. The summed E-state index contributed by atoms with van der Waals surface area (Å²) >= 11 is 0. The van der Waals surface area contributed by atoms with Crippen LogP contribution in [0.15, 0.2) is 6.07 Å². The number of aromatic nitrogens is 1. The van der Waals surface area contributed by atoms with E-state index >= 15 is 0 Å². The van der Waals surface area contributed by atoms with Gasteiger partial charge in [0.25, 0.3) is 5.91 Å². The number of aryl methyl sites for hydroxylation is 2. The molecular formula is C19H27N3O4. The van der Waals surface area contributed by atoms with Crippen LogP contribution in [0.2, 0.25) is 0 Å². The number of amides is 1. The maximum absolute atomic E-state index is 13.1. The highest BCUT2D eigenvalue weighted by Gasteiger charge is 2.33. The zero-order valence-electron chi connectivity index (χ0n) is 15.3. The molecule has 26 heavy (non-hydrogen) atoms. The van der Waals surface area contributed by atoms with Crippen molar-refractivity contribution in [3.8, 4) is 5.88 Å². The molecule has 2 atom stereocenters. The largest absolute Gasteiger partial charge is 0.480 e. The Morgan fingerprint density at radius 2 is 2.12 bits per heavy atom. The van der Waals surface area contributed by atoms with Crippen molar-refractivity contribution in [2.24, 2.45) is 0 Å². The number of hydrogen-bond acceptors (Lipinski definition) is 6. The Morgan fingerprint density at radius 1 is 1.23 bits per heavy atom. The first-order valence-corrected chi connectivity index (χ1v) is 9.53. The Hall–Kier alpha value is -1.70. The molecule has 3 heterocycles. The average Bonchev–Trinajstić information content (AvgIpc) is 3.22. The van der Waals surface area contributed by atoms with E-state index in [4.69, 9.17) is 9.47 Å². The number of methoxy groups -OCH3 is 1. The Balaban J connectivity index is 1.48. The van der Waals surface area contributed by atoms with Crippen LogP contribution in [0.25, 0.3) is 0 Å². The van der Waals surface area contributed by atoms with Crippen molar-refractivity contribution in [2.75, 3.05) is 46.5 Å². The number of nitrogens with zero attached hydrogens (tertiary/aromatic N) is 3. The van der Waals surface area contributed by atoms with Crippen LogP contribution in [-0.2, 0) is 17.6 Å². The Kier molecular flexibility index (Phi) is 5.11. The number of ether oxygens (including phenoxy) is 2. The Morgan fingerprint density at radius 3 is 2.88 bits per heavy atom. The van der Waals surface area contributed by atoms with Crippen LogP contribution in [0, 0.1) is 0 Å². The smallest absolute Gasteiger partial charge is 0.259 e. The van der Waals surface area contributed by atoms with Gasteiger partial charge in [-0.15, -0.1) is 0 Å². The van der Waals surface area contributed by atoms with E-state index in [1.54, 1.807) is 7.11 Å². The second-order valence-electron chi connectivity index (χ2n) is 7.36. The lowest BCUT2D eigenvalue weighted by molar-refractivity contribution is 0.0721. The standard InChI is InChI=1S/C19H27N3O4/c1-25-18-14(10-13-4-2-5-15(13)20-18)19(24)22-7-3-6-21(8-9-22)16-11-26-12-17(16)23/h10,16-17,23H,2-9,11-12H2,1H3/t16-,17-/m1/s1. The Bertz CT molecular complexity index is 681. The zero-order chi connectivity index (χ0) is 18.1. The molecule has 4 rings (SSSR count). The predicted molar refractivity (Wildman–Crippen MR) is 95.5 cm³/mol. The van der Waals surface area contributed by atoms with Gasteiger partial charge in [0, 0.05) is 31.9 Å². The molecule has 1 aromatic heterocycles. The third kappa shape index (κ3) is 3.31. The molecule has 1 aliphatic carbocycles. The van der Waals surface area contributed by atoms with Crippen LogP contribution < -0.4 is 4.74 Å². The maximum atomic E-state index is 13.1. The maximum Gasteiger partial charge on any atom is 0.259 e. The summed E-state index contributed by atoms with van der Waals surface area (Å²) in [6.07, 6.45) is 3.49. The van der Waals surface area contributed by atoms with Crippen molar-refractivity contribution in [1.29, 1.82) is 0 Å². The minimum Gasteiger partial charge on any atom is -0.480 e. The van der Waals surface area contributed by atoms with E-state index in [1.165, 1.54) is 5.56 Å². The van der Waals surface area contributed by atoms with E-state index in [1.807, 2.05) is 11.0 Å². The second kappa shape index (κ2) is 7.50. The van der Waals surface area contributed by atoms with Gasteiger partial charge in [-0.05, 0) is 37.3 Å². The molecule has 0 spiro atoms. The number of hydrogen-bond donors (Lipinski definition) is 1. The third-order valence-corrected chi connectivity index (χ3v) is 5.75. The number of rotatable bonds is 3. The SMILES string of the molecule is COc1nc2c(cc1C(=O)N1CCCN([C@@H]3COC[C@H]3O)CC1)CCC2. The highest BCUT2D eigenvalue weighted by atomic mass is 16.5. The Labute approximate surface area is 153 Å². The molecule has 0 radical (unpaired) electrons. The van der Waals surface area contributed by atoms with Gasteiger partial charge in [0.1, 0.15) is 5.56 Å². The molecule has 142 valence electrons. The van der Waals surface area contributed by atoms with E-state index in [9.17, 15) is 9.90 Å². The van der Waals surface area contributed by atoms with Crippen LogP contribution >= 0.6 is 0 Å². The van der Waals surface area contributed by atoms with Crippen LogP contribution in [0.1, 0.15) is 34.5 Å². The molecule has 1 N–H and O–H groups in total. The van der Waals surface area contributed by atoms with E-state index in [2.05, 4.69) is 9.88 Å². The van der Waals surface area contributed by atoms with E-state index < -0.39 is 6.10 Å². The van der Waals surface area contributed by atoms with Crippen LogP contribution in [0.3, 0.4) is 0 Å². The molecule has 1 aromatic rings. The minimum atomic E-state index is -0.432. The first kappa shape index (κ1) is 17.7. The molecule has 7 heteroatoms. The van der Waals surface area contributed by atoms with Gasteiger partial charge < -0.3 is 19.5 Å². The van der Waals surface area contributed by atoms with E-state index in [-0.39, 0.29) is 11.9 Å². The van der Waals surface area contributed by atoms with Crippen LogP contribution in [0.4, 0.5) is 0 Å².